The van der Waals surface area contributed by atoms with Gasteiger partial charge in [0.1, 0.15) is 5.75 Å². The third kappa shape index (κ3) is 4.86. The molecule has 9 heteroatoms. The van der Waals surface area contributed by atoms with Crippen LogP contribution in [0.2, 0.25) is 0 Å². The van der Waals surface area contributed by atoms with E-state index in [0.29, 0.717) is 27.7 Å². The number of hydrogen-bond donors (Lipinski definition) is 2. The van der Waals surface area contributed by atoms with E-state index >= 15 is 0 Å². The quantitative estimate of drug-likeness (QED) is 0.459. The molecule has 1 atom stereocenters. The third-order valence-electron chi connectivity index (χ3n) is 3.77. The zero-order chi connectivity index (χ0) is 16.6. The van der Waals surface area contributed by atoms with E-state index in [0.717, 1.165) is 11.0 Å². The summed E-state index contributed by atoms with van der Waals surface area (Å²) in [7, 11) is 0.212. The Balaban J connectivity index is 0. The number of nitrogens with one attached hydrogen (secondary N) is 2. The fraction of sp³-hybridized carbons (Fsp3) is 0.250. The Labute approximate surface area is 195 Å². The molecule has 0 saturated heterocycles. The van der Waals surface area contributed by atoms with Crippen molar-refractivity contribution < 1.29 is 70.9 Å². The Morgan fingerprint density at radius 3 is 2.68 bits per heavy atom. The maximum absolute atomic E-state index is 12.6. The fourth-order valence-electron chi connectivity index (χ4n) is 2.35. The first kappa shape index (κ1) is 22.6. The number of hydrogen-bond acceptors (Lipinski definition) is 4. The van der Waals surface area contributed by atoms with E-state index in [4.69, 9.17) is 4.74 Å². The predicted molar refractivity (Wildman–Crippen MR) is 91.5 cm³/mol. The maximum Gasteiger partial charge on any atom is 1.00 e. The van der Waals surface area contributed by atoms with Crippen LogP contribution >= 0.6 is 0 Å². The standard InChI is InChI=1S/C16H17N3O3S.2Na.2H/c1-9-7-17-14(10(2)15(9)20)8-23(21)16-18-12-5-4-11(22-3)6-13(12)19-16;;;;/h4-7H,8H2,1-3H3,(H,17,20)(H,18,19);;;;/q;2*+1;2*-1. The summed E-state index contributed by atoms with van der Waals surface area (Å²) in [4.78, 5) is 22.4. The molecule has 0 radical (unpaired) electrons. The van der Waals surface area contributed by atoms with Crippen LogP contribution in [0.3, 0.4) is 0 Å². The number of aromatic amines is 2. The number of pyridine rings is 1. The van der Waals surface area contributed by atoms with Gasteiger partial charge in [-0.05, 0) is 26.0 Å². The van der Waals surface area contributed by atoms with Crippen LogP contribution in [0.4, 0.5) is 0 Å². The first-order valence-corrected chi connectivity index (χ1v) is 8.41. The van der Waals surface area contributed by atoms with Gasteiger partial charge in [0.25, 0.3) is 0 Å². The predicted octanol–water partition coefficient (Wildman–Crippen LogP) is -3.58. The van der Waals surface area contributed by atoms with E-state index < -0.39 is 10.8 Å². The van der Waals surface area contributed by atoms with Crippen LogP contribution in [0.25, 0.3) is 11.0 Å². The van der Waals surface area contributed by atoms with E-state index in [2.05, 4.69) is 15.0 Å². The molecule has 0 amide bonds. The molecule has 0 aliphatic carbocycles. The molecule has 3 aromatic rings. The second kappa shape index (κ2) is 9.50. The molecule has 6 nitrogen and oxygen atoms in total. The summed E-state index contributed by atoms with van der Waals surface area (Å²) < 4.78 is 17.7. The summed E-state index contributed by atoms with van der Waals surface area (Å²) in [6, 6.07) is 5.42. The number of nitrogens with zero attached hydrogens (tertiary/aromatic N) is 1. The van der Waals surface area contributed by atoms with Crippen LogP contribution in [-0.2, 0) is 16.6 Å². The van der Waals surface area contributed by atoms with Gasteiger partial charge in [-0.2, -0.15) is 0 Å². The second-order valence-electron chi connectivity index (χ2n) is 5.32. The van der Waals surface area contributed by atoms with Crippen LogP contribution in [0, 0.1) is 13.8 Å². The Hall–Kier alpha value is -0.410. The monoisotopic (exact) mass is 379 g/mol. The maximum atomic E-state index is 12.6. The minimum Gasteiger partial charge on any atom is -1.00 e. The van der Waals surface area contributed by atoms with Gasteiger partial charge in [0.05, 0.1) is 34.7 Å². The SMILES string of the molecule is COc1ccc2nc(S(=O)Cc3[nH]cc(C)c(=O)c3C)[nH]c2c1.[H-].[H-].[Na+].[Na+]. The average molecular weight is 379 g/mol. The van der Waals surface area contributed by atoms with Crippen molar-refractivity contribution in [3.63, 3.8) is 0 Å². The fourth-order valence-corrected chi connectivity index (χ4v) is 3.47. The van der Waals surface area contributed by atoms with Gasteiger partial charge in [0.2, 0.25) is 0 Å². The molecular formula is C16H19N3Na2O3S. The minimum absolute atomic E-state index is 0. The molecule has 0 aliphatic heterocycles. The van der Waals surface area contributed by atoms with Gasteiger partial charge in [-0.15, -0.1) is 0 Å². The minimum atomic E-state index is -1.38. The van der Waals surface area contributed by atoms with Crippen LogP contribution in [-0.4, -0.2) is 26.3 Å². The van der Waals surface area contributed by atoms with Crippen molar-refractivity contribution in [2.24, 2.45) is 0 Å². The first-order chi connectivity index (χ1) is 11.0. The number of aromatic nitrogens is 3. The van der Waals surface area contributed by atoms with E-state index in [1.807, 2.05) is 12.1 Å². The zero-order valence-corrected chi connectivity index (χ0v) is 19.9. The molecule has 2 aromatic heterocycles. The van der Waals surface area contributed by atoms with Crippen LogP contribution in [0.5, 0.6) is 5.75 Å². The summed E-state index contributed by atoms with van der Waals surface area (Å²) in [5, 5.41) is 0.383. The number of imidazole rings is 1. The molecule has 3 rings (SSSR count). The molecule has 2 heterocycles. The van der Waals surface area contributed by atoms with E-state index in [1.165, 1.54) is 0 Å². The van der Waals surface area contributed by atoms with Crippen molar-refractivity contribution in [2.75, 3.05) is 7.11 Å². The van der Waals surface area contributed by atoms with Gasteiger partial charge >= 0.3 is 59.1 Å². The molecule has 1 unspecified atom stereocenters. The first-order valence-electron chi connectivity index (χ1n) is 7.09. The molecule has 0 aliphatic rings. The van der Waals surface area contributed by atoms with Crippen molar-refractivity contribution in [1.82, 2.24) is 15.0 Å². The number of aryl methyl sites for hydroxylation is 1. The smallest absolute Gasteiger partial charge is 1.00 e. The largest absolute Gasteiger partial charge is 1.00 e. The molecule has 0 bridgehead atoms. The molecule has 25 heavy (non-hydrogen) atoms. The number of rotatable bonds is 4. The number of ether oxygens (including phenoxy) is 1. The van der Waals surface area contributed by atoms with Gasteiger partial charge in [-0.1, -0.05) is 0 Å². The Morgan fingerprint density at radius 2 is 2.00 bits per heavy atom. The van der Waals surface area contributed by atoms with Crippen molar-refractivity contribution in [2.45, 2.75) is 24.8 Å². The molecule has 1 aromatic carbocycles. The van der Waals surface area contributed by atoms with Crippen molar-refractivity contribution >= 4 is 21.8 Å². The molecule has 0 fully saturated rings. The molecule has 0 spiro atoms. The van der Waals surface area contributed by atoms with Crippen molar-refractivity contribution in [3.05, 3.63) is 51.4 Å². The van der Waals surface area contributed by atoms with Gasteiger partial charge in [0.15, 0.2) is 10.6 Å². The number of benzene rings is 1. The average Bonchev–Trinajstić information content (AvgIpc) is 2.98. The van der Waals surface area contributed by atoms with Crippen molar-refractivity contribution in [3.8, 4) is 5.75 Å². The molecule has 2 N–H and O–H groups in total. The van der Waals surface area contributed by atoms with Gasteiger partial charge < -0.3 is 17.6 Å². The molecular weight excluding hydrogens is 360 g/mol. The zero-order valence-electron chi connectivity index (χ0n) is 17.1. The van der Waals surface area contributed by atoms with Crippen LogP contribution in [0.15, 0.2) is 34.3 Å². The summed E-state index contributed by atoms with van der Waals surface area (Å²) in [6.07, 6.45) is 1.64. The normalized spacial score (nSPS) is 11.5. The van der Waals surface area contributed by atoms with Crippen molar-refractivity contribution in [1.29, 1.82) is 0 Å². The molecule has 0 saturated carbocycles. The Morgan fingerprint density at radius 1 is 1.28 bits per heavy atom. The van der Waals surface area contributed by atoms with E-state index in [-0.39, 0.29) is 73.1 Å². The summed E-state index contributed by atoms with van der Waals surface area (Å²) >= 11 is 0. The summed E-state index contributed by atoms with van der Waals surface area (Å²) in [5.74, 6) is 0.912. The topological polar surface area (TPSA) is 87.8 Å². The second-order valence-corrected chi connectivity index (χ2v) is 6.69. The Bertz CT molecular complexity index is 979. The van der Waals surface area contributed by atoms with Gasteiger partial charge in [0, 0.05) is 29.1 Å². The van der Waals surface area contributed by atoms with Crippen LogP contribution in [0.1, 0.15) is 19.7 Å². The van der Waals surface area contributed by atoms with E-state index in [9.17, 15) is 9.00 Å². The van der Waals surface area contributed by atoms with E-state index in [1.54, 1.807) is 33.2 Å². The molecule has 124 valence electrons. The number of methoxy groups -OCH3 is 1. The third-order valence-corrected chi connectivity index (χ3v) is 4.95. The van der Waals surface area contributed by atoms with Gasteiger partial charge in [-0.3, -0.25) is 9.00 Å². The summed E-state index contributed by atoms with van der Waals surface area (Å²) in [6.45, 7) is 3.49. The number of fused-ring (bicyclic) bond motifs is 1. The Kier molecular flexibility index (Phi) is 8.60. The van der Waals surface area contributed by atoms with Crippen LogP contribution < -0.4 is 69.3 Å². The summed E-state index contributed by atoms with van der Waals surface area (Å²) in [5.41, 5.74) is 3.37. The number of H-pyrrole nitrogens is 2. The van der Waals surface area contributed by atoms with Gasteiger partial charge in [-0.25, -0.2) is 4.98 Å².